The number of hydrogen-bond acceptors (Lipinski definition) is 12. The fourth-order valence-electron chi connectivity index (χ4n) is 8.46. The summed E-state index contributed by atoms with van der Waals surface area (Å²) in [5.41, 5.74) is 11.0. The van der Waals surface area contributed by atoms with Crippen LogP contribution in [0, 0.1) is 5.92 Å². The fourth-order valence-corrected chi connectivity index (χ4v) is 8.46. The van der Waals surface area contributed by atoms with Gasteiger partial charge in [0, 0.05) is 86.6 Å². The molecule has 1 aliphatic carbocycles. The maximum Gasteiger partial charge on any atom is 0.330 e. The molecule has 4 heterocycles. The number of rotatable bonds is 14. The van der Waals surface area contributed by atoms with Crippen LogP contribution in [0.25, 0.3) is 10.4 Å². The van der Waals surface area contributed by atoms with E-state index in [-0.39, 0.29) is 37.8 Å². The first-order chi connectivity index (χ1) is 30.2. The highest BCUT2D eigenvalue weighted by molar-refractivity contribution is 5.83. The molecule has 18 nitrogen and oxygen atoms in total. The predicted molar refractivity (Wildman–Crippen MR) is 234 cm³/mol. The van der Waals surface area contributed by atoms with E-state index in [0.717, 1.165) is 28.8 Å². The van der Waals surface area contributed by atoms with Crippen LogP contribution in [0.2, 0.25) is 0 Å². The van der Waals surface area contributed by atoms with Crippen molar-refractivity contribution in [3.8, 4) is 0 Å². The summed E-state index contributed by atoms with van der Waals surface area (Å²) in [5.74, 6) is -0.781. The Labute approximate surface area is 365 Å². The summed E-state index contributed by atoms with van der Waals surface area (Å²) in [6, 6.07) is 21.3. The highest BCUT2D eigenvalue weighted by atomic mass is 16.5. The first-order valence-corrected chi connectivity index (χ1v) is 21.3. The largest absolute Gasteiger partial charge is 0.394 e. The molecule has 0 unspecified atom stereocenters. The molecule has 0 bridgehead atoms. The normalized spacial score (nSPS) is 23.3. The fraction of sp³-hybridized carbons (Fsp3) is 0.489. The number of benzene rings is 2. The highest BCUT2D eigenvalue weighted by Crippen LogP contribution is 2.32. The number of nitrogens with one attached hydrogen (secondary N) is 3. The number of β-amino-alcohol motifs (C(OH)–C–C–N with tert-alkyl or cyclic N) is 1. The Morgan fingerprint density at radius 2 is 1.79 bits per heavy atom. The predicted octanol–water partition coefficient (Wildman–Crippen LogP) is 2.36. The van der Waals surface area contributed by atoms with Gasteiger partial charge in [-0.15, -0.1) is 0 Å². The maximum absolute atomic E-state index is 13.8. The molecule has 3 aliphatic rings. The van der Waals surface area contributed by atoms with E-state index in [1.807, 2.05) is 93.7 Å². The number of aromatic amines is 1. The maximum atomic E-state index is 13.8. The molecule has 0 spiro atoms. The van der Waals surface area contributed by atoms with Crippen molar-refractivity contribution < 1.29 is 29.6 Å². The van der Waals surface area contributed by atoms with Crippen molar-refractivity contribution in [2.45, 2.75) is 101 Å². The average molecular weight is 867 g/mol. The number of aliphatic hydroxyl groups is 3. The zero-order valence-electron chi connectivity index (χ0n) is 35.9. The molecule has 2 aliphatic heterocycles. The first-order valence-electron chi connectivity index (χ1n) is 21.3. The molecular weight excluding hydrogens is 809 g/mol. The van der Waals surface area contributed by atoms with Crippen LogP contribution in [0.1, 0.15) is 68.1 Å². The third-order valence-electron chi connectivity index (χ3n) is 11.4. The molecular formula is C45H58N10O8. The summed E-state index contributed by atoms with van der Waals surface area (Å²) >= 11 is 0. The number of carbonyl (C=O) groups is 2. The number of H-pyrrole nitrogens is 1. The van der Waals surface area contributed by atoms with Crippen LogP contribution < -0.4 is 21.9 Å². The van der Waals surface area contributed by atoms with Crippen molar-refractivity contribution >= 4 is 11.8 Å². The number of amides is 2. The van der Waals surface area contributed by atoms with Gasteiger partial charge in [-0.05, 0) is 67.5 Å². The average Bonchev–Trinajstić information content (AvgIpc) is 3.80. The lowest BCUT2D eigenvalue weighted by Crippen LogP contribution is -2.61. The third-order valence-corrected chi connectivity index (χ3v) is 11.4. The number of nitrogens with zero attached hydrogens (tertiary/aromatic N) is 7. The molecule has 63 heavy (non-hydrogen) atoms. The molecule has 336 valence electrons. The Balaban J connectivity index is 0.000000305. The van der Waals surface area contributed by atoms with Gasteiger partial charge in [-0.3, -0.25) is 38.7 Å². The summed E-state index contributed by atoms with van der Waals surface area (Å²) in [6.45, 7) is 8.44. The molecule has 7 rings (SSSR count). The number of ether oxygens (including phenoxy) is 1. The summed E-state index contributed by atoms with van der Waals surface area (Å²) in [5, 5.41) is 41.1. The second-order valence-electron chi connectivity index (χ2n) is 17.4. The zero-order chi connectivity index (χ0) is 45.1. The van der Waals surface area contributed by atoms with Crippen molar-refractivity contribution in [2.24, 2.45) is 11.0 Å². The lowest BCUT2D eigenvalue weighted by molar-refractivity contribution is -0.132. The highest BCUT2D eigenvalue weighted by Gasteiger charge is 2.38. The van der Waals surface area contributed by atoms with Crippen molar-refractivity contribution in [3.63, 3.8) is 0 Å². The zero-order valence-corrected chi connectivity index (χ0v) is 35.9. The summed E-state index contributed by atoms with van der Waals surface area (Å²) in [6.07, 6.45) is 3.52. The smallest absolute Gasteiger partial charge is 0.330 e. The van der Waals surface area contributed by atoms with E-state index in [1.165, 1.54) is 16.8 Å². The second-order valence-corrected chi connectivity index (χ2v) is 17.4. The van der Waals surface area contributed by atoms with Crippen LogP contribution in [0.4, 0.5) is 0 Å². The molecule has 2 fully saturated rings. The van der Waals surface area contributed by atoms with Gasteiger partial charge in [-0.25, -0.2) is 4.79 Å². The number of aromatic nitrogens is 3. The van der Waals surface area contributed by atoms with Crippen molar-refractivity contribution in [3.05, 3.63) is 145 Å². The van der Waals surface area contributed by atoms with E-state index in [4.69, 9.17) is 15.4 Å². The first kappa shape index (κ1) is 46.8. The molecule has 2 aromatic carbocycles. The quantitative estimate of drug-likeness (QED) is 0.0610. The van der Waals surface area contributed by atoms with Gasteiger partial charge in [0.1, 0.15) is 12.3 Å². The molecule has 4 aromatic rings. The Kier molecular flexibility index (Phi) is 16.0. The van der Waals surface area contributed by atoms with Gasteiger partial charge in [-0.1, -0.05) is 65.8 Å². The molecule has 0 saturated carbocycles. The summed E-state index contributed by atoms with van der Waals surface area (Å²) < 4.78 is 6.60. The van der Waals surface area contributed by atoms with E-state index >= 15 is 0 Å². The van der Waals surface area contributed by atoms with Gasteiger partial charge in [0.15, 0.2) is 0 Å². The minimum atomic E-state index is -0.833. The minimum absolute atomic E-state index is 0.0712. The van der Waals surface area contributed by atoms with E-state index < -0.39 is 65.4 Å². The summed E-state index contributed by atoms with van der Waals surface area (Å²) in [7, 11) is 0. The Morgan fingerprint density at radius 3 is 2.49 bits per heavy atom. The lowest BCUT2D eigenvalue weighted by atomic mass is 9.91. The van der Waals surface area contributed by atoms with Gasteiger partial charge in [0.05, 0.1) is 37.0 Å². The number of hydrogen-bond donors (Lipinski definition) is 6. The van der Waals surface area contributed by atoms with Gasteiger partial charge in [0.25, 0.3) is 5.56 Å². The lowest BCUT2D eigenvalue weighted by Gasteiger charge is -2.42. The van der Waals surface area contributed by atoms with Crippen LogP contribution in [0.15, 0.2) is 106 Å². The van der Waals surface area contributed by atoms with E-state index in [0.29, 0.717) is 32.5 Å². The van der Waals surface area contributed by atoms with E-state index in [9.17, 15) is 29.4 Å². The van der Waals surface area contributed by atoms with Crippen molar-refractivity contribution in [1.29, 1.82) is 0 Å². The van der Waals surface area contributed by atoms with Gasteiger partial charge >= 0.3 is 5.69 Å². The number of piperazine rings is 1. The molecule has 8 atom stereocenters. The number of aliphatic hydroxyl groups excluding tert-OH is 3. The van der Waals surface area contributed by atoms with Gasteiger partial charge < -0.3 is 30.7 Å². The Hall–Kier alpha value is -5.72. The summed E-state index contributed by atoms with van der Waals surface area (Å²) in [4.78, 5) is 63.1. The standard InChI is InChI=1S/C36H47N5O4.C9H11N5O4/c1-36(2,3)39-35(45)31-24-40(22-26-12-9-15-37-21-26)16-17-41(31)23-29(42)19-28(18-25-10-5-4-6-11-25)34(44)38-33-30-14-8-7-13-27(30)20-32(33)43;10-13-12-5-3-8(18-6(5)4-15)14-2-1-7(16)11-9(14)17/h4-15,21,28-29,31-33,42-43H,16-20,22-24H2,1-3H3,(H,38,44)(H,39,45);1-2,5-6,8,15H,3-4H2,(H,11,16,17)/t28-,29+,31+,32-,33+;5-,6+,8+/m10/s1. The van der Waals surface area contributed by atoms with Crippen molar-refractivity contribution in [2.75, 3.05) is 32.8 Å². The SMILES string of the molecule is CC(C)(C)NC(=O)[C@@H]1CN(Cc2cccnc2)CCN1C[C@@H](O)C[C@@H](Cc1ccccc1)C(=O)N[C@H]1c2ccccc2C[C@H]1O.[N-]=[N+]=N[C@H]1C[C@H](n2ccc(=O)[nH]c2=O)O[C@@H]1CO. The van der Waals surface area contributed by atoms with Crippen LogP contribution in [0.5, 0.6) is 0 Å². The number of azide groups is 1. The molecule has 2 aromatic heterocycles. The number of pyridine rings is 1. The van der Waals surface area contributed by atoms with Crippen LogP contribution in [-0.4, -0.2) is 120 Å². The molecule has 2 saturated heterocycles. The van der Waals surface area contributed by atoms with E-state index in [2.05, 4.69) is 40.4 Å². The van der Waals surface area contributed by atoms with E-state index in [1.54, 1.807) is 6.20 Å². The van der Waals surface area contributed by atoms with Crippen molar-refractivity contribution in [1.82, 2.24) is 35.0 Å². The van der Waals surface area contributed by atoms with Gasteiger partial charge in [-0.2, -0.15) is 0 Å². The number of fused-ring (bicyclic) bond motifs is 1. The minimum Gasteiger partial charge on any atom is -0.394 e. The third kappa shape index (κ3) is 12.9. The molecule has 2 amide bonds. The van der Waals surface area contributed by atoms with Crippen LogP contribution >= 0.6 is 0 Å². The molecule has 18 heteroatoms. The van der Waals surface area contributed by atoms with Crippen LogP contribution in [-0.2, 0) is 33.7 Å². The number of carbonyl (C=O) groups excluding carboxylic acids is 2. The Morgan fingerprint density at radius 1 is 1.05 bits per heavy atom. The second kappa shape index (κ2) is 21.6. The molecule has 0 radical (unpaired) electrons. The monoisotopic (exact) mass is 866 g/mol. The Bertz CT molecular complexity index is 2300. The van der Waals surface area contributed by atoms with Crippen LogP contribution in [0.3, 0.4) is 0 Å². The topological polar surface area (TPSA) is 251 Å². The molecule has 6 N–H and O–H groups in total. The van der Waals surface area contributed by atoms with Gasteiger partial charge in [0.2, 0.25) is 11.8 Å².